The number of furan rings is 1. The van der Waals surface area contributed by atoms with Gasteiger partial charge in [-0.15, -0.1) is 0 Å². The second-order valence-corrected chi connectivity index (χ2v) is 3.19. The van der Waals surface area contributed by atoms with Crippen molar-refractivity contribution in [1.29, 1.82) is 0 Å². The van der Waals surface area contributed by atoms with Gasteiger partial charge in [-0.3, -0.25) is 0 Å². The molecule has 0 saturated carbocycles. The molecule has 0 saturated heterocycles. The number of hydrogen-bond acceptors (Lipinski definition) is 2. The van der Waals surface area contributed by atoms with Crippen LogP contribution in [0.5, 0.6) is 0 Å². The molecule has 0 unspecified atom stereocenters. The van der Waals surface area contributed by atoms with Gasteiger partial charge in [-0.25, -0.2) is 4.98 Å². The second-order valence-electron chi connectivity index (χ2n) is 3.19. The van der Waals surface area contributed by atoms with Gasteiger partial charge in [-0.2, -0.15) is 0 Å². The molecular weight excluding hydrogens is 150 g/mol. The number of nitrogens with zero attached hydrogens (tertiary/aromatic N) is 1. The summed E-state index contributed by atoms with van der Waals surface area (Å²) in [6, 6.07) is 5.87. The first-order valence-corrected chi connectivity index (χ1v) is 4.11. The van der Waals surface area contributed by atoms with Gasteiger partial charge in [-0.05, 0) is 18.1 Å². The Morgan fingerprint density at radius 3 is 2.83 bits per heavy atom. The van der Waals surface area contributed by atoms with Crippen molar-refractivity contribution in [2.45, 2.75) is 19.8 Å². The zero-order chi connectivity index (χ0) is 8.55. The molecule has 2 aromatic heterocycles. The summed E-state index contributed by atoms with van der Waals surface area (Å²) in [7, 11) is 0. The highest BCUT2D eigenvalue weighted by Gasteiger charge is 2.02. The van der Waals surface area contributed by atoms with Crippen molar-refractivity contribution >= 4 is 11.1 Å². The zero-order valence-electron chi connectivity index (χ0n) is 7.24. The van der Waals surface area contributed by atoms with E-state index in [2.05, 4.69) is 18.8 Å². The Morgan fingerprint density at radius 2 is 2.08 bits per heavy atom. The molecule has 0 aliphatic heterocycles. The first-order chi connectivity index (χ1) is 5.77. The van der Waals surface area contributed by atoms with Crippen LogP contribution in [0.3, 0.4) is 0 Å². The summed E-state index contributed by atoms with van der Waals surface area (Å²) < 4.78 is 5.19. The third-order valence-corrected chi connectivity index (χ3v) is 1.92. The van der Waals surface area contributed by atoms with Crippen LogP contribution in [0, 0.1) is 0 Å². The van der Waals surface area contributed by atoms with E-state index < -0.39 is 0 Å². The van der Waals surface area contributed by atoms with E-state index in [0.717, 1.165) is 16.8 Å². The fraction of sp³-hybridized carbons (Fsp3) is 0.300. The smallest absolute Gasteiger partial charge is 0.152 e. The molecule has 0 bridgehead atoms. The quantitative estimate of drug-likeness (QED) is 0.642. The lowest BCUT2D eigenvalue weighted by molar-refractivity contribution is 0.615. The molecule has 2 nitrogen and oxygen atoms in total. The third kappa shape index (κ3) is 1.09. The van der Waals surface area contributed by atoms with Crippen LogP contribution < -0.4 is 0 Å². The number of fused-ring (bicyclic) bond motifs is 1. The molecule has 62 valence electrons. The SMILES string of the molecule is CC(C)c1ccc2occc2n1. The highest BCUT2D eigenvalue weighted by Crippen LogP contribution is 2.17. The van der Waals surface area contributed by atoms with Gasteiger partial charge < -0.3 is 4.42 Å². The van der Waals surface area contributed by atoms with E-state index in [4.69, 9.17) is 4.42 Å². The largest absolute Gasteiger partial charge is 0.463 e. The molecule has 0 N–H and O–H groups in total. The topological polar surface area (TPSA) is 26.0 Å². The Kier molecular flexibility index (Phi) is 1.61. The van der Waals surface area contributed by atoms with Crippen LogP contribution >= 0.6 is 0 Å². The monoisotopic (exact) mass is 161 g/mol. The molecule has 2 rings (SSSR count). The van der Waals surface area contributed by atoms with Crippen LogP contribution in [0.1, 0.15) is 25.5 Å². The van der Waals surface area contributed by atoms with Gasteiger partial charge in [0.1, 0.15) is 5.52 Å². The van der Waals surface area contributed by atoms with E-state index in [1.807, 2.05) is 18.2 Å². The van der Waals surface area contributed by atoms with Crippen molar-refractivity contribution in [2.24, 2.45) is 0 Å². The number of hydrogen-bond donors (Lipinski definition) is 0. The zero-order valence-corrected chi connectivity index (χ0v) is 7.24. The molecular formula is C10H11NO. The summed E-state index contributed by atoms with van der Waals surface area (Å²) in [5, 5.41) is 0. The Morgan fingerprint density at radius 1 is 1.25 bits per heavy atom. The summed E-state index contributed by atoms with van der Waals surface area (Å²) in [5.41, 5.74) is 2.92. The first kappa shape index (κ1) is 7.35. The van der Waals surface area contributed by atoms with E-state index in [1.54, 1.807) is 6.26 Å². The van der Waals surface area contributed by atoms with Gasteiger partial charge in [0.15, 0.2) is 5.58 Å². The standard InChI is InChI=1S/C10H11NO/c1-7(2)8-3-4-10-9(11-8)5-6-12-10/h3-7H,1-2H3. The molecule has 0 aliphatic rings. The molecule has 0 spiro atoms. The number of rotatable bonds is 1. The fourth-order valence-electron chi connectivity index (χ4n) is 1.19. The van der Waals surface area contributed by atoms with Crippen molar-refractivity contribution in [2.75, 3.05) is 0 Å². The van der Waals surface area contributed by atoms with Crippen LogP contribution in [0.15, 0.2) is 28.9 Å². The Hall–Kier alpha value is -1.31. The van der Waals surface area contributed by atoms with E-state index in [-0.39, 0.29) is 0 Å². The maximum Gasteiger partial charge on any atom is 0.152 e. The van der Waals surface area contributed by atoms with Crippen molar-refractivity contribution in [3.05, 3.63) is 30.2 Å². The fourth-order valence-corrected chi connectivity index (χ4v) is 1.19. The van der Waals surface area contributed by atoms with Crippen molar-refractivity contribution in [3.8, 4) is 0 Å². The van der Waals surface area contributed by atoms with Gasteiger partial charge in [0.25, 0.3) is 0 Å². The molecule has 0 atom stereocenters. The second kappa shape index (κ2) is 2.63. The van der Waals surface area contributed by atoms with Gasteiger partial charge in [0.05, 0.1) is 6.26 Å². The normalized spacial score (nSPS) is 11.2. The molecule has 0 amide bonds. The highest BCUT2D eigenvalue weighted by molar-refractivity contribution is 5.72. The van der Waals surface area contributed by atoms with Crippen LogP contribution in [0.4, 0.5) is 0 Å². The predicted molar refractivity (Wildman–Crippen MR) is 48.1 cm³/mol. The van der Waals surface area contributed by atoms with Crippen LogP contribution in [0.2, 0.25) is 0 Å². The predicted octanol–water partition coefficient (Wildman–Crippen LogP) is 2.95. The lowest BCUT2D eigenvalue weighted by Gasteiger charge is -2.02. The molecule has 2 heterocycles. The minimum atomic E-state index is 0.476. The molecule has 12 heavy (non-hydrogen) atoms. The maximum absolute atomic E-state index is 5.19. The van der Waals surface area contributed by atoms with Gasteiger partial charge in [0, 0.05) is 11.8 Å². The van der Waals surface area contributed by atoms with Gasteiger partial charge >= 0.3 is 0 Å². The Bertz CT molecular complexity index is 389. The van der Waals surface area contributed by atoms with Gasteiger partial charge in [-0.1, -0.05) is 13.8 Å². The third-order valence-electron chi connectivity index (χ3n) is 1.92. The Labute approximate surface area is 71.2 Å². The number of pyridine rings is 1. The van der Waals surface area contributed by atoms with E-state index in [1.165, 1.54) is 0 Å². The summed E-state index contributed by atoms with van der Waals surface area (Å²) >= 11 is 0. The Balaban J connectivity index is 2.60. The lowest BCUT2D eigenvalue weighted by Crippen LogP contribution is -1.90. The van der Waals surface area contributed by atoms with E-state index in [0.29, 0.717) is 5.92 Å². The summed E-state index contributed by atoms with van der Waals surface area (Å²) in [4.78, 5) is 4.44. The van der Waals surface area contributed by atoms with E-state index >= 15 is 0 Å². The molecule has 2 heteroatoms. The van der Waals surface area contributed by atoms with Crippen LogP contribution in [-0.2, 0) is 0 Å². The van der Waals surface area contributed by atoms with Gasteiger partial charge in [0.2, 0.25) is 0 Å². The summed E-state index contributed by atoms with van der Waals surface area (Å²) in [5.74, 6) is 0.476. The highest BCUT2D eigenvalue weighted by atomic mass is 16.3. The van der Waals surface area contributed by atoms with Crippen LogP contribution in [0.25, 0.3) is 11.1 Å². The average Bonchev–Trinajstić information content (AvgIpc) is 2.49. The maximum atomic E-state index is 5.19. The molecule has 2 aromatic rings. The first-order valence-electron chi connectivity index (χ1n) is 4.11. The van der Waals surface area contributed by atoms with Crippen molar-refractivity contribution in [1.82, 2.24) is 4.98 Å². The molecule has 0 fully saturated rings. The summed E-state index contributed by atoms with van der Waals surface area (Å²) in [6.07, 6.45) is 1.67. The summed E-state index contributed by atoms with van der Waals surface area (Å²) in [6.45, 7) is 4.27. The van der Waals surface area contributed by atoms with Crippen molar-refractivity contribution in [3.63, 3.8) is 0 Å². The average molecular weight is 161 g/mol. The minimum Gasteiger partial charge on any atom is -0.463 e. The molecule has 0 aliphatic carbocycles. The van der Waals surface area contributed by atoms with Crippen molar-refractivity contribution < 1.29 is 4.42 Å². The molecule has 0 radical (unpaired) electrons. The minimum absolute atomic E-state index is 0.476. The van der Waals surface area contributed by atoms with Crippen LogP contribution in [-0.4, -0.2) is 4.98 Å². The lowest BCUT2D eigenvalue weighted by atomic mass is 10.1. The molecule has 0 aromatic carbocycles. The van der Waals surface area contributed by atoms with E-state index in [9.17, 15) is 0 Å². The number of aromatic nitrogens is 1.